The highest BCUT2D eigenvalue weighted by atomic mass is 127. The number of aliphatic imine (C=N–C) groups is 1. The first-order valence-electron chi connectivity index (χ1n) is 7.91. The Morgan fingerprint density at radius 1 is 1.32 bits per heavy atom. The van der Waals surface area contributed by atoms with Crippen LogP contribution in [0, 0.1) is 5.92 Å². The van der Waals surface area contributed by atoms with E-state index in [2.05, 4.69) is 42.4 Å². The molecule has 124 valence electrons. The molecule has 0 spiro atoms. The van der Waals surface area contributed by atoms with Crippen LogP contribution >= 0.6 is 35.7 Å². The third kappa shape index (κ3) is 6.77. The summed E-state index contributed by atoms with van der Waals surface area (Å²) in [5.74, 6) is 3.69. The second kappa shape index (κ2) is 10.4. The molecule has 3 N–H and O–H groups in total. The molecule has 0 heterocycles. The maximum atomic E-state index is 5.95. The highest BCUT2D eigenvalue weighted by molar-refractivity contribution is 14.0. The van der Waals surface area contributed by atoms with Crippen LogP contribution < -0.4 is 11.1 Å². The van der Waals surface area contributed by atoms with Crippen LogP contribution in [0.2, 0.25) is 0 Å². The fraction of sp³-hybridized carbons (Fsp3) is 0.588. The van der Waals surface area contributed by atoms with Crippen LogP contribution in [-0.4, -0.2) is 24.0 Å². The van der Waals surface area contributed by atoms with E-state index in [0.717, 1.165) is 30.3 Å². The van der Waals surface area contributed by atoms with Gasteiger partial charge in [0.05, 0.1) is 0 Å². The van der Waals surface area contributed by atoms with Gasteiger partial charge in [-0.05, 0) is 66.4 Å². The average molecular weight is 433 g/mol. The first-order valence-corrected chi connectivity index (χ1v) is 9.07. The highest BCUT2D eigenvalue weighted by Crippen LogP contribution is 2.24. The summed E-state index contributed by atoms with van der Waals surface area (Å²) in [6.45, 7) is 5.31. The summed E-state index contributed by atoms with van der Waals surface area (Å²) < 4.78 is 0. The van der Waals surface area contributed by atoms with Gasteiger partial charge in [0.1, 0.15) is 0 Å². The quantitative estimate of drug-likeness (QED) is 0.292. The minimum atomic E-state index is 0. The van der Waals surface area contributed by atoms with E-state index in [1.165, 1.54) is 36.1 Å². The number of anilines is 1. The van der Waals surface area contributed by atoms with Gasteiger partial charge < -0.3 is 11.1 Å². The van der Waals surface area contributed by atoms with Gasteiger partial charge in [0.15, 0.2) is 5.96 Å². The molecule has 0 aliphatic heterocycles. The molecule has 0 saturated carbocycles. The lowest BCUT2D eigenvalue weighted by Gasteiger charge is -2.08. The summed E-state index contributed by atoms with van der Waals surface area (Å²) in [5.41, 5.74) is 9.95. The molecule has 0 atom stereocenters. The van der Waals surface area contributed by atoms with Crippen molar-refractivity contribution in [3.05, 3.63) is 29.3 Å². The van der Waals surface area contributed by atoms with Crippen molar-refractivity contribution in [2.24, 2.45) is 16.6 Å². The normalized spacial score (nSPS) is 13.9. The number of benzene rings is 1. The number of aryl methyl sites for hydroxylation is 2. The first-order chi connectivity index (χ1) is 10.1. The van der Waals surface area contributed by atoms with Gasteiger partial charge in [-0.1, -0.05) is 19.9 Å². The van der Waals surface area contributed by atoms with Gasteiger partial charge in [-0.15, -0.1) is 24.0 Å². The molecule has 5 heteroatoms. The monoisotopic (exact) mass is 433 g/mol. The Kier molecular flexibility index (Phi) is 9.24. The Bertz CT molecular complexity index is 489. The highest BCUT2D eigenvalue weighted by Gasteiger charge is 2.10. The summed E-state index contributed by atoms with van der Waals surface area (Å²) in [5, 5.41) is 3.20. The number of fused-ring (bicyclic) bond motifs is 1. The molecular formula is C17H28IN3S. The lowest BCUT2D eigenvalue weighted by atomic mass is 10.1. The zero-order valence-electron chi connectivity index (χ0n) is 13.6. The summed E-state index contributed by atoms with van der Waals surface area (Å²) in [6, 6.07) is 6.52. The molecule has 0 radical (unpaired) electrons. The van der Waals surface area contributed by atoms with Crippen molar-refractivity contribution < 1.29 is 0 Å². The second-order valence-corrected chi connectivity index (χ2v) is 7.20. The van der Waals surface area contributed by atoms with Crippen molar-refractivity contribution >= 4 is 47.4 Å². The van der Waals surface area contributed by atoms with E-state index in [0.29, 0.717) is 5.96 Å². The molecule has 1 aromatic rings. The lowest BCUT2D eigenvalue weighted by molar-refractivity contribution is 0.749. The minimum absolute atomic E-state index is 0. The van der Waals surface area contributed by atoms with Crippen molar-refractivity contribution in [3.8, 4) is 0 Å². The molecule has 1 aromatic carbocycles. The van der Waals surface area contributed by atoms with Crippen molar-refractivity contribution in [1.29, 1.82) is 0 Å². The second-order valence-electron chi connectivity index (χ2n) is 6.05. The van der Waals surface area contributed by atoms with Crippen LogP contribution in [0.1, 0.15) is 37.8 Å². The fourth-order valence-electron chi connectivity index (χ4n) is 2.52. The zero-order chi connectivity index (χ0) is 15.1. The summed E-state index contributed by atoms with van der Waals surface area (Å²) in [4.78, 5) is 4.40. The van der Waals surface area contributed by atoms with Crippen LogP contribution in [0.5, 0.6) is 0 Å². The van der Waals surface area contributed by atoms with Crippen LogP contribution in [0.15, 0.2) is 23.2 Å². The van der Waals surface area contributed by atoms with Gasteiger partial charge in [0.25, 0.3) is 0 Å². The topological polar surface area (TPSA) is 50.4 Å². The predicted molar refractivity (Wildman–Crippen MR) is 111 cm³/mol. The number of hydrogen-bond acceptors (Lipinski definition) is 2. The van der Waals surface area contributed by atoms with E-state index in [1.54, 1.807) is 0 Å². The molecule has 0 bridgehead atoms. The number of thioether (sulfide) groups is 1. The Labute approximate surface area is 155 Å². The summed E-state index contributed by atoms with van der Waals surface area (Å²) in [7, 11) is 0. The third-order valence-electron chi connectivity index (χ3n) is 3.55. The van der Waals surface area contributed by atoms with Crippen molar-refractivity contribution in [1.82, 2.24) is 0 Å². The number of rotatable bonds is 7. The van der Waals surface area contributed by atoms with Gasteiger partial charge in [0, 0.05) is 12.2 Å². The zero-order valence-corrected chi connectivity index (χ0v) is 16.7. The Balaban J connectivity index is 0.00000242. The maximum Gasteiger partial charge on any atom is 0.193 e. The molecule has 0 saturated heterocycles. The van der Waals surface area contributed by atoms with E-state index in [-0.39, 0.29) is 24.0 Å². The summed E-state index contributed by atoms with van der Waals surface area (Å²) >= 11 is 2.00. The molecule has 0 fully saturated rings. The van der Waals surface area contributed by atoms with Crippen molar-refractivity contribution in [2.45, 2.75) is 39.5 Å². The van der Waals surface area contributed by atoms with Gasteiger partial charge in [-0.2, -0.15) is 11.8 Å². The van der Waals surface area contributed by atoms with Crippen LogP contribution in [0.25, 0.3) is 0 Å². The van der Waals surface area contributed by atoms with Crippen LogP contribution in [-0.2, 0) is 12.8 Å². The van der Waals surface area contributed by atoms with E-state index >= 15 is 0 Å². The van der Waals surface area contributed by atoms with E-state index < -0.39 is 0 Å². The molecule has 3 nitrogen and oxygen atoms in total. The number of hydrogen-bond donors (Lipinski definition) is 2. The Hall–Kier alpha value is -0.430. The van der Waals surface area contributed by atoms with E-state index in [4.69, 9.17) is 5.73 Å². The van der Waals surface area contributed by atoms with Gasteiger partial charge >= 0.3 is 0 Å². The number of nitrogens with two attached hydrogens (primary N) is 1. The SMILES string of the molecule is CC(C)CSCCCN=C(N)Nc1ccc2c(c1)CCC2.I. The molecule has 0 amide bonds. The van der Waals surface area contributed by atoms with Crippen molar-refractivity contribution in [2.75, 3.05) is 23.4 Å². The average Bonchev–Trinajstić information content (AvgIpc) is 2.89. The predicted octanol–water partition coefficient (Wildman–Crippen LogP) is 4.30. The molecule has 0 unspecified atom stereocenters. The molecule has 22 heavy (non-hydrogen) atoms. The molecule has 2 rings (SSSR count). The fourth-order valence-corrected chi connectivity index (χ4v) is 3.49. The number of nitrogens with one attached hydrogen (secondary N) is 1. The lowest BCUT2D eigenvalue weighted by Crippen LogP contribution is -2.23. The molecule has 1 aliphatic rings. The maximum absolute atomic E-state index is 5.95. The number of halogens is 1. The third-order valence-corrected chi connectivity index (χ3v) is 5.03. The van der Waals surface area contributed by atoms with Crippen LogP contribution in [0.3, 0.4) is 0 Å². The summed E-state index contributed by atoms with van der Waals surface area (Å²) in [6.07, 6.45) is 4.77. The standard InChI is InChI=1S/C17H27N3S.HI/c1-13(2)12-21-10-4-9-19-17(18)20-16-8-7-14-5-3-6-15(14)11-16;/h7-8,11,13H,3-6,9-10,12H2,1-2H3,(H3,18,19,20);1H. The van der Waals surface area contributed by atoms with Gasteiger partial charge in [0.2, 0.25) is 0 Å². The number of guanidine groups is 1. The number of nitrogens with zero attached hydrogens (tertiary/aromatic N) is 1. The van der Waals surface area contributed by atoms with Gasteiger partial charge in [-0.25, -0.2) is 0 Å². The van der Waals surface area contributed by atoms with Gasteiger partial charge in [-0.3, -0.25) is 4.99 Å². The van der Waals surface area contributed by atoms with Crippen molar-refractivity contribution in [3.63, 3.8) is 0 Å². The first kappa shape index (κ1) is 19.6. The van der Waals surface area contributed by atoms with E-state index in [9.17, 15) is 0 Å². The smallest absolute Gasteiger partial charge is 0.193 e. The largest absolute Gasteiger partial charge is 0.370 e. The van der Waals surface area contributed by atoms with Crippen LogP contribution in [0.4, 0.5) is 5.69 Å². The minimum Gasteiger partial charge on any atom is -0.370 e. The molecule has 1 aliphatic carbocycles. The van der Waals surface area contributed by atoms with E-state index in [1.807, 2.05) is 11.8 Å². The molecule has 0 aromatic heterocycles. The Morgan fingerprint density at radius 3 is 2.86 bits per heavy atom. The molecular weight excluding hydrogens is 405 g/mol. The Morgan fingerprint density at radius 2 is 2.09 bits per heavy atom.